The first-order chi connectivity index (χ1) is 9.80. The number of ether oxygens (including phenoxy) is 1. The van der Waals surface area contributed by atoms with Crippen LogP contribution in [0.1, 0.15) is 72.6 Å². The van der Waals surface area contributed by atoms with Gasteiger partial charge in [-0.2, -0.15) is 0 Å². The van der Waals surface area contributed by atoms with Crippen molar-refractivity contribution in [2.24, 2.45) is 28.6 Å². The molecule has 0 aromatic heterocycles. The van der Waals surface area contributed by atoms with Crippen molar-refractivity contribution in [2.45, 2.75) is 78.2 Å². The second-order valence-corrected chi connectivity index (χ2v) is 9.45. The quantitative estimate of drug-likeness (QED) is 0.832. The molecule has 0 spiro atoms. The zero-order valence-electron chi connectivity index (χ0n) is 14.5. The van der Waals surface area contributed by atoms with Gasteiger partial charge >= 0.3 is 0 Å². The van der Waals surface area contributed by atoms with Crippen LogP contribution in [0.15, 0.2) is 0 Å². The Morgan fingerprint density at radius 3 is 2.57 bits per heavy atom. The summed E-state index contributed by atoms with van der Waals surface area (Å²) in [6.07, 6.45) is 9.34. The minimum absolute atomic E-state index is 0.118. The summed E-state index contributed by atoms with van der Waals surface area (Å²) < 4.78 is 6.61. The Morgan fingerprint density at radius 2 is 1.90 bits per heavy atom. The molecule has 0 aromatic rings. The Labute approximate surface area is 130 Å². The van der Waals surface area contributed by atoms with Gasteiger partial charge in [0.2, 0.25) is 0 Å². The maximum atomic E-state index is 9.33. The monoisotopic (exact) mass is 294 g/mol. The van der Waals surface area contributed by atoms with Crippen LogP contribution in [-0.4, -0.2) is 23.9 Å². The lowest BCUT2D eigenvalue weighted by molar-refractivity contribution is -0.198. The topological polar surface area (TPSA) is 29.5 Å². The fourth-order valence-corrected chi connectivity index (χ4v) is 5.73. The number of rotatable bonds is 4. The number of fused-ring (bicyclic) bond motifs is 4. The summed E-state index contributed by atoms with van der Waals surface area (Å²) >= 11 is 0. The molecule has 0 amide bonds. The Bertz CT molecular complexity index is 391. The first-order valence-corrected chi connectivity index (χ1v) is 9.05. The van der Waals surface area contributed by atoms with E-state index in [0.29, 0.717) is 10.8 Å². The molecule has 3 rings (SSSR count). The van der Waals surface area contributed by atoms with Crippen molar-refractivity contribution in [1.82, 2.24) is 0 Å². The summed E-state index contributed by atoms with van der Waals surface area (Å²) in [7, 11) is 0. The summed E-state index contributed by atoms with van der Waals surface area (Å²) in [6, 6.07) is 0. The van der Waals surface area contributed by atoms with Gasteiger partial charge in [0.1, 0.15) is 0 Å². The maximum Gasteiger partial charge on any atom is 0.0718 e. The molecule has 0 saturated heterocycles. The van der Waals surface area contributed by atoms with E-state index in [9.17, 15) is 5.11 Å². The molecule has 5 atom stereocenters. The molecule has 5 unspecified atom stereocenters. The van der Waals surface area contributed by atoms with Crippen LogP contribution in [-0.2, 0) is 4.74 Å². The van der Waals surface area contributed by atoms with E-state index in [0.717, 1.165) is 18.4 Å². The highest BCUT2D eigenvalue weighted by atomic mass is 16.5. The second kappa shape index (κ2) is 5.23. The number of hydrogen-bond donors (Lipinski definition) is 1. The van der Waals surface area contributed by atoms with Crippen molar-refractivity contribution < 1.29 is 9.84 Å². The van der Waals surface area contributed by atoms with Crippen LogP contribution in [0, 0.1) is 28.6 Å². The standard InChI is InChI=1S/C19H34O2/c1-14(11-20)12-21-19-8-5-7-18(4,13-19)9-6-15-16(19)10-17(15,2)3/h14-16,20H,5-13H2,1-4H3. The third-order valence-electron chi connectivity index (χ3n) is 7.04. The van der Waals surface area contributed by atoms with E-state index >= 15 is 0 Å². The van der Waals surface area contributed by atoms with Crippen LogP contribution in [0.4, 0.5) is 0 Å². The lowest BCUT2D eigenvalue weighted by Crippen LogP contribution is -2.57. The highest BCUT2D eigenvalue weighted by Gasteiger charge is 2.61. The summed E-state index contributed by atoms with van der Waals surface area (Å²) in [6.45, 7) is 10.5. The van der Waals surface area contributed by atoms with Gasteiger partial charge in [-0.25, -0.2) is 0 Å². The summed E-state index contributed by atoms with van der Waals surface area (Å²) in [5, 5.41) is 9.33. The molecule has 3 saturated carbocycles. The van der Waals surface area contributed by atoms with E-state index in [1.807, 2.05) is 0 Å². The molecule has 0 heterocycles. The number of aliphatic hydroxyl groups excluding tert-OH is 1. The van der Waals surface area contributed by atoms with E-state index in [1.165, 1.54) is 44.9 Å². The van der Waals surface area contributed by atoms with Gasteiger partial charge in [0.05, 0.1) is 12.2 Å². The van der Waals surface area contributed by atoms with Crippen molar-refractivity contribution in [3.05, 3.63) is 0 Å². The van der Waals surface area contributed by atoms with E-state index in [-0.39, 0.29) is 18.1 Å². The lowest BCUT2D eigenvalue weighted by Gasteiger charge is -2.59. The van der Waals surface area contributed by atoms with E-state index in [2.05, 4.69) is 27.7 Å². The molecule has 122 valence electrons. The summed E-state index contributed by atoms with van der Waals surface area (Å²) in [5.74, 6) is 1.88. The normalized spacial score (nSPS) is 46.1. The van der Waals surface area contributed by atoms with Crippen LogP contribution in [0.25, 0.3) is 0 Å². The van der Waals surface area contributed by atoms with Gasteiger partial charge in [-0.3, -0.25) is 0 Å². The molecule has 2 heteroatoms. The Kier molecular flexibility index (Phi) is 3.94. The van der Waals surface area contributed by atoms with Gasteiger partial charge in [-0.1, -0.05) is 34.1 Å². The van der Waals surface area contributed by atoms with Crippen LogP contribution < -0.4 is 0 Å². The van der Waals surface area contributed by atoms with Crippen molar-refractivity contribution in [3.8, 4) is 0 Å². The van der Waals surface area contributed by atoms with Gasteiger partial charge in [0.15, 0.2) is 0 Å². The average Bonchev–Trinajstić information content (AvgIpc) is 2.48. The van der Waals surface area contributed by atoms with Gasteiger partial charge in [0, 0.05) is 12.5 Å². The third kappa shape index (κ3) is 2.67. The molecule has 0 aliphatic heterocycles. The molecule has 0 radical (unpaired) electrons. The predicted octanol–water partition coefficient (Wildman–Crippen LogP) is 4.41. The zero-order valence-corrected chi connectivity index (χ0v) is 14.5. The number of aliphatic hydroxyl groups is 1. The Hall–Kier alpha value is -0.0800. The fourth-order valence-electron chi connectivity index (χ4n) is 5.73. The molecule has 2 nitrogen and oxygen atoms in total. The fraction of sp³-hybridized carbons (Fsp3) is 1.00. The van der Waals surface area contributed by atoms with Gasteiger partial charge in [0.25, 0.3) is 0 Å². The van der Waals surface area contributed by atoms with Gasteiger partial charge in [-0.05, 0) is 61.2 Å². The van der Waals surface area contributed by atoms with E-state index < -0.39 is 0 Å². The molecular weight excluding hydrogens is 260 g/mol. The van der Waals surface area contributed by atoms with Crippen LogP contribution in [0.3, 0.4) is 0 Å². The molecular formula is C19H34O2. The van der Waals surface area contributed by atoms with Crippen LogP contribution in [0.2, 0.25) is 0 Å². The SMILES string of the molecule is CC(CO)COC12CCCC(C)(CCC3C1CC3(C)C)C2. The Balaban J connectivity index is 1.83. The highest BCUT2D eigenvalue weighted by Crippen LogP contribution is 2.65. The molecule has 0 aromatic carbocycles. The minimum atomic E-state index is 0.118. The third-order valence-corrected chi connectivity index (χ3v) is 7.04. The van der Waals surface area contributed by atoms with Crippen molar-refractivity contribution in [1.29, 1.82) is 0 Å². The predicted molar refractivity (Wildman–Crippen MR) is 86.1 cm³/mol. The average molecular weight is 294 g/mol. The van der Waals surface area contributed by atoms with Crippen molar-refractivity contribution in [2.75, 3.05) is 13.2 Å². The smallest absolute Gasteiger partial charge is 0.0718 e. The molecule has 3 aliphatic rings. The van der Waals surface area contributed by atoms with Crippen molar-refractivity contribution in [3.63, 3.8) is 0 Å². The molecule has 21 heavy (non-hydrogen) atoms. The highest BCUT2D eigenvalue weighted by molar-refractivity contribution is 5.11. The van der Waals surface area contributed by atoms with Gasteiger partial charge in [-0.15, -0.1) is 0 Å². The van der Waals surface area contributed by atoms with Crippen LogP contribution in [0.5, 0.6) is 0 Å². The summed E-state index contributed by atoms with van der Waals surface area (Å²) in [5.41, 5.74) is 1.12. The first kappa shape index (κ1) is 15.8. The molecule has 3 aliphatic carbocycles. The lowest BCUT2D eigenvalue weighted by atomic mass is 9.49. The first-order valence-electron chi connectivity index (χ1n) is 9.05. The van der Waals surface area contributed by atoms with Crippen molar-refractivity contribution >= 4 is 0 Å². The zero-order chi connectivity index (χ0) is 15.3. The van der Waals surface area contributed by atoms with Crippen LogP contribution >= 0.6 is 0 Å². The largest absolute Gasteiger partial charge is 0.396 e. The molecule has 1 N–H and O–H groups in total. The van der Waals surface area contributed by atoms with Gasteiger partial charge < -0.3 is 9.84 Å². The Morgan fingerprint density at radius 1 is 1.14 bits per heavy atom. The maximum absolute atomic E-state index is 9.33. The summed E-state index contributed by atoms with van der Waals surface area (Å²) in [4.78, 5) is 0. The molecule has 3 fully saturated rings. The second-order valence-electron chi connectivity index (χ2n) is 9.45. The minimum Gasteiger partial charge on any atom is -0.396 e. The number of hydrogen-bond acceptors (Lipinski definition) is 2. The van der Waals surface area contributed by atoms with E-state index in [1.54, 1.807) is 0 Å². The molecule has 2 bridgehead atoms. The van der Waals surface area contributed by atoms with E-state index in [4.69, 9.17) is 4.74 Å².